The number of rotatable bonds is 6. The summed E-state index contributed by atoms with van der Waals surface area (Å²) in [6.07, 6.45) is 1.61. The normalized spacial score (nSPS) is 14.2. The van der Waals surface area contributed by atoms with Crippen molar-refractivity contribution in [1.29, 1.82) is 0 Å². The predicted octanol–water partition coefficient (Wildman–Crippen LogP) is 2.30. The molecule has 0 bridgehead atoms. The van der Waals surface area contributed by atoms with E-state index in [4.69, 9.17) is 14.2 Å². The molecular weight excluding hydrogens is 346 g/mol. The van der Waals surface area contributed by atoms with Crippen LogP contribution in [0.1, 0.15) is 15.9 Å². The van der Waals surface area contributed by atoms with E-state index < -0.39 is 0 Å². The number of hydrazone groups is 1. The summed E-state index contributed by atoms with van der Waals surface area (Å²) in [5.74, 6) is 0.739. The van der Waals surface area contributed by atoms with E-state index in [-0.39, 0.29) is 5.91 Å². The Morgan fingerprint density at radius 1 is 1.07 bits per heavy atom. The molecule has 142 valence electrons. The molecule has 1 N–H and O–H groups in total. The molecule has 0 unspecified atom stereocenters. The largest absolute Gasteiger partial charge is 0.493 e. The van der Waals surface area contributed by atoms with Crippen molar-refractivity contribution in [3.63, 3.8) is 0 Å². The second-order valence-corrected chi connectivity index (χ2v) is 5.96. The van der Waals surface area contributed by atoms with E-state index in [1.165, 1.54) is 7.11 Å². The summed E-state index contributed by atoms with van der Waals surface area (Å²) in [4.78, 5) is 14.5. The molecule has 7 nitrogen and oxygen atoms in total. The maximum Gasteiger partial charge on any atom is 0.271 e. The van der Waals surface area contributed by atoms with E-state index in [9.17, 15) is 4.79 Å². The van der Waals surface area contributed by atoms with Crippen molar-refractivity contribution in [2.45, 2.75) is 0 Å². The number of carbonyl (C=O) groups excluding carboxylic acids is 1. The molecule has 0 atom stereocenters. The lowest BCUT2D eigenvalue weighted by molar-refractivity contribution is 0.0954. The number of amides is 1. The van der Waals surface area contributed by atoms with Gasteiger partial charge in [0.25, 0.3) is 5.91 Å². The van der Waals surface area contributed by atoms with Crippen LogP contribution in [0, 0.1) is 0 Å². The summed E-state index contributed by atoms with van der Waals surface area (Å²) < 4.78 is 15.7. The standard InChI is InChI=1S/C20H23N3O4/c1-25-18-8-5-16(13-19(18)26-2)20(24)22-21-14-15-3-6-17(7-4-15)23-9-11-27-12-10-23/h3-8,13-14H,9-12H2,1-2H3,(H,22,24)/b21-14+. The van der Waals surface area contributed by atoms with Crippen molar-refractivity contribution >= 4 is 17.8 Å². The monoisotopic (exact) mass is 369 g/mol. The summed E-state index contributed by atoms with van der Waals surface area (Å²) in [6.45, 7) is 3.31. The zero-order valence-electron chi connectivity index (χ0n) is 15.5. The molecule has 0 aromatic heterocycles. The van der Waals surface area contributed by atoms with Crippen molar-refractivity contribution in [2.24, 2.45) is 5.10 Å². The number of hydrogen-bond acceptors (Lipinski definition) is 6. The van der Waals surface area contributed by atoms with Crippen LogP contribution in [0.2, 0.25) is 0 Å². The van der Waals surface area contributed by atoms with Crippen molar-refractivity contribution in [1.82, 2.24) is 5.43 Å². The molecular formula is C20H23N3O4. The van der Waals surface area contributed by atoms with Gasteiger partial charge < -0.3 is 19.1 Å². The number of morpholine rings is 1. The highest BCUT2D eigenvalue weighted by Gasteiger charge is 2.11. The molecule has 27 heavy (non-hydrogen) atoms. The highest BCUT2D eigenvalue weighted by molar-refractivity contribution is 5.95. The Bertz CT molecular complexity index is 799. The first-order valence-corrected chi connectivity index (χ1v) is 8.69. The average Bonchev–Trinajstić information content (AvgIpc) is 2.74. The van der Waals surface area contributed by atoms with Crippen LogP contribution in [-0.4, -0.2) is 52.6 Å². The fourth-order valence-electron chi connectivity index (χ4n) is 2.80. The minimum Gasteiger partial charge on any atom is -0.493 e. The maximum absolute atomic E-state index is 12.2. The van der Waals surface area contributed by atoms with Crippen LogP contribution >= 0.6 is 0 Å². The molecule has 1 amide bonds. The van der Waals surface area contributed by atoms with Crippen molar-refractivity contribution in [3.05, 3.63) is 53.6 Å². The smallest absolute Gasteiger partial charge is 0.271 e. The molecule has 0 spiro atoms. The van der Waals surface area contributed by atoms with E-state index in [0.29, 0.717) is 17.1 Å². The number of hydrogen-bond donors (Lipinski definition) is 1. The molecule has 1 aliphatic heterocycles. The van der Waals surface area contributed by atoms with Gasteiger partial charge in [-0.1, -0.05) is 12.1 Å². The Morgan fingerprint density at radius 2 is 1.78 bits per heavy atom. The lowest BCUT2D eigenvalue weighted by atomic mass is 10.2. The number of anilines is 1. The zero-order chi connectivity index (χ0) is 19.1. The third-order valence-electron chi connectivity index (χ3n) is 4.29. The molecule has 1 heterocycles. The Balaban J connectivity index is 1.59. The number of ether oxygens (including phenoxy) is 3. The van der Waals surface area contributed by atoms with Gasteiger partial charge in [-0.15, -0.1) is 0 Å². The van der Waals surface area contributed by atoms with Crippen LogP contribution < -0.4 is 19.8 Å². The van der Waals surface area contributed by atoms with Gasteiger partial charge in [-0.25, -0.2) is 5.43 Å². The zero-order valence-corrected chi connectivity index (χ0v) is 15.5. The SMILES string of the molecule is COc1ccc(C(=O)N/N=C/c2ccc(N3CCOCC3)cc2)cc1OC. The summed E-state index contributed by atoms with van der Waals surface area (Å²) in [5, 5.41) is 4.03. The quantitative estimate of drug-likeness (QED) is 0.625. The fraction of sp³-hybridized carbons (Fsp3) is 0.300. The van der Waals surface area contributed by atoms with Crippen LogP contribution in [0.15, 0.2) is 47.6 Å². The van der Waals surface area contributed by atoms with Crippen LogP contribution in [0.4, 0.5) is 5.69 Å². The van der Waals surface area contributed by atoms with E-state index in [0.717, 1.165) is 37.6 Å². The van der Waals surface area contributed by atoms with E-state index in [2.05, 4.69) is 15.4 Å². The Hall–Kier alpha value is -3.06. The molecule has 1 fully saturated rings. The highest BCUT2D eigenvalue weighted by atomic mass is 16.5. The Morgan fingerprint density at radius 3 is 2.44 bits per heavy atom. The van der Waals surface area contributed by atoms with E-state index >= 15 is 0 Å². The Kier molecular flexibility index (Phi) is 6.27. The minimum atomic E-state index is -0.322. The lowest BCUT2D eigenvalue weighted by Gasteiger charge is -2.28. The first kappa shape index (κ1) is 18.7. The van der Waals surface area contributed by atoms with Gasteiger partial charge >= 0.3 is 0 Å². The van der Waals surface area contributed by atoms with Gasteiger partial charge in [0.15, 0.2) is 11.5 Å². The molecule has 0 aliphatic carbocycles. The first-order chi connectivity index (χ1) is 13.2. The third kappa shape index (κ3) is 4.77. The molecule has 7 heteroatoms. The number of methoxy groups -OCH3 is 2. The van der Waals surface area contributed by atoms with Crippen molar-refractivity contribution in [2.75, 3.05) is 45.4 Å². The summed E-state index contributed by atoms with van der Waals surface area (Å²) >= 11 is 0. The highest BCUT2D eigenvalue weighted by Crippen LogP contribution is 2.27. The Labute approximate surface area is 158 Å². The number of nitrogens with zero attached hydrogens (tertiary/aromatic N) is 2. The van der Waals surface area contributed by atoms with E-state index in [1.54, 1.807) is 31.5 Å². The molecule has 2 aromatic rings. The number of carbonyl (C=O) groups is 1. The number of nitrogens with one attached hydrogen (secondary N) is 1. The van der Waals surface area contributed by atoms with Crippen molar-refractivity contribution < 1.29 is 19.0 Å². The second kappa shape index (κ2) is 9.05. The maximum atomic E-state index is 12.2. The van der Waals surface area contributed by atoms with Gasteiger partial charge in [0, 0.05) is 24.3 Å². The fourth-order valence-corrected chi connectivity index (χ4v) is 2.80. The molecule has 0 radical (unpaired) electrons. The lowest BCUT2D eigenvalue weighted by Crippen LogP contribution is -2.36. The van der Waals surface area contributed by atoms with Gasteiger partial charge in [-0.2, -0.15) is 5.10 Å². The van der Waals surface area contributed by atoms with Gasteiger partial charge in [0.1, 0.15) is 0 Å². The van der Waals surface area contributed by atoms with Gasteiger partial charge in [-0.05, 0) is 35.9 Å². The molecule has 1 saturated heterocycles. The van der Waals surface area contributed by atoms with Gasteiger partial charge in [-0.3, -0.25) is 4.79 Å². The van der Waals surface area contributed by atoms with Crippen LogP contribution in [-0.2, 0) is 4.74 Å². The molecule has 3 rings (SSSR count). The van der Waals surface area contributed by atoms with Crippen LogP contribution in [0.3, 0.4) is 0 Å². The third-order valence-corrected chi connectivity index (χ3v) is 4.29. The summed E-state index contributed by atoms with van der Waals surface area (Å²) in [5.41, 5.74) is 5.02. The predicted molar refractivity (Wildman–Crippen MR) is 104 cm³/mol. The summed E-state index contributed by atoms with van der Waals surface area (Å²) in [7, 11) is 3.07. The topological polar surface area (TPSA) is 72.4 Å². The van der Waals surface area contributed by atoms with Crippen LogP contribution in [0.5, 0.6) is 11.5 Å². The summed E-state index contributed by atoms with van der Waals surface area (Å²) in [6, 6.07) is 13.0. The second-order valence-electron chi connectivity index (χ2n) is 5.96. The van der Waals surface area contributed by atoms with Crippen molar-refractivity contribution in [3.8, 4) is 11.5 Å². The minimum absolute atomic E-state index is 0.322. The van der Waals surface area contributed by atoms with Crippen LogP contribution in [0.25, 0.3) is 0 Å². The van der Waals surface area contributed by atoms with E-state index in [1.807, 2.05) is 24.3 Å². The van der Waals surface area contributed by atoms with Gasteiger partial charge in [0.2, 0.25) is 0 Å². The molecule has 0 saturated carbocycles. The first-order valence-electron chi connectivity index (χ1n) is 8.69. The number of benzene rings is 2. The molecule has 1 aliphatic rings. The molecule has 2 aromatic carbocycles. The average molecular weight is 369 g/mol. The van der Waals surface area contributed by atoms with Gasteiger partial charge in [0.05, 0.1) is 33.6 Å².